The van der Waals surface area contributed by atoms with Crippen LogP contribution in [0.3, 0.4) is 0 Å². The number of nitrogens with zero attached hydrogens (tertiary/aromatic N) is 2. The van der Waals surface area contributed by atoms with Gasteiger partial charge in [0, 0.05) is 12.7 Å². The molecular weight excluding hydrogens is 254 g/mol. The Hall–Kier alpha value is -2.17. The topological polar surface area (TPSA) is 48.3 Å². The van der Waals surface area contributed by atoms with Crippen molar-refractivity contribution >= 4 is 5.95 Å². The lowest BCUT2D eigenvalue weighted by Crippen LogP contribution is -2.22. The fourth-order valence-electron chi connectivity index (χ4n) is 2.86. The van der Waals surface area contributed by atoms with E-state index in [9.17, 15) is 0 Å². The summed E-state index contributed by atoms with van der Waals surface area (Å²) in [6.07, 6.45) is 3.13. The highest BCUT2D eigenvalue weighted by Gasteiger charge is 2.22. The van der Waals surface area contributed by atoms with Crippen LogP contribution in [0.1, 0.15) is 23.7 Å². The molecular formula is C15H17N3O2. The molecule has 1 aromatic heterocycles. The number of fused-ring (bicyclic) bond motifs is 2. The second-order valence-electron chi connectivity index (χ2n) is 5.29. The molecule has 0 saturated heterocycles. The minimum absolute atomic E-state index is 0.278. The number of aryl methyl sites for hydroxylation is 2. The number of hydrogen-bond acceptors (Lipinski definition) is 4. The van der Waals surface area contributed by atoms with Crippen molar-refractivity contribution < 1.29 is 9.47 Å². The predicted octanol–water partition coefficient (Wildman–Crippen LogP) is 2.52. The summed E-state index contributed by atoms with van der Waals surface area (Å²) in [4.78, 5) is 4.51. The number of ether oxygens (including phenoxy) is 2. The number of hydrogen-bond donors (Lipinski definition) is 1. The Bertz CT molecular complexity index is 651. The maximum Gasteiger partial charge on any atom is 0.203 e. The molecule has 2 aromatic rings. The van der Waals surface area contributed by atoms with Gasteiger partial charge < -0.3 is 19.4 Å². The van der Waals surface area contributed by atoms with Gasteiger partial charge in [-0.3, -0.25) is 0 Å². The largest absolute Gasteiger partial charge is 0.486 e. The molecule has 1 N–H and O–H groups in total. The lowest BCUT2D eigenvalue weighted by atomic mass is 10.0. The first-order valence-corrected chi connectivity index (χ1v) is 6.99. The Morgan fingerprint density at radius 1 is 1.25 bits per heavy atom. The monoisotopic (exact) mass is 271 g/mol. The molecule has 2 aliphatic heterocycles. The average molecular weight is 271 g/mol. The van der Waals surface area contributed by atoms with E-state index >= 15 is 0 Å². The van der Waals surface area contributed by atoms with E-state index in [-0.39, 0.29) is 6.04 Å². The predicted molar refractivity (Wildman–Crippen MR) is 75.4 cm³/mol. The molecule has 104 valence electrons. The van der Waals surface area contributed by atoms with E-state index in [1.807, 2.05) is 13.0 Å². The Labute approximate surface area is 117 Å². The van der Waals surface area contributed by atoms with E-state index < -0.39 is 0 Å². The number of nitrogens with one attached hydrogen (secondary N) is 1. The summed E-state index contributed by atoms with van der Waals surface area (Å²) in [5, 5.41) is 3.50. The summed E-state index contributed by atoms with van der Waals surface area (Å²) in [7, 11) is 0. The van der Waals surface area contributed by atoms with Gasteiger partial charge in [-0.05, 0) is 31.0 Å². The second-order valence-corrected chi connectivity index (χ2v) is 5.29. The summed E-state index contributed by atoms with van der Waals surface area (Å²) < 4.78 is 13.4. The van der Waals surface area contributed by atoms with Crippen LogP contribution in [0.25, 0.3) is 0 Å². The molecule has 4 rings (SSSR count). The van der Waals surface area contributed by atoms with E-state index in [4.69, 9.17) is 9.47 Å². The summed E-state index contributed by atoms with van der Waals surface area (Å²) in [5.41, 5.74) is 2.27. The van der Waals surface area contributed by atoms with Crippen molar-refractivity contribution in [2.45, 2.75) is 25.9 Å². The zero-order chi connectivity index (χ0) is 13.5. The normalized spacial score (nSPS) is 20.1. The van der Waals surface area contributed by atoms with Crippen LogP contribution in [-0.2, 0) is 6.54 Å². The van der Waals surface area contributed by atoms with Crippen molar-refractivity contribution in [1.29, 1.82) is 0 Å². The lowest BCUT2D eigenvalue weighted by Gasteiger charge is -2.27. The van der Waals surface area contributed by atoms with Crippen molar-refractivity contribution in [3.63, 3.8) is 0 Å². The Kier molecular flexibility index (Phi) is 2.58. The fourth-order valence-corrected chi connectivity index (χ4v) is 2.86. The molecule has 0 saturated carbocycles. The van der Waals surface area contributed by atoms with Crippen LogP contribution < -0.4 is 14.8 Å². The van der Waals surface area contributed by atoms with E-state index in [2.05, 4.69) is 33.2 Å². The molecule has 0 bridgehead atoms. The van der Waals surface area contributed by atoms with Crippen LogP contribution in [0.2, 0.25) is 0 Å². The van der Waals surface area contributed by atoms with Crippen LogP contribution in [0.5, 0.6) is 11.5 Å². The van der Waals surface area contributed by atoms with Crippen LogP contribution >= 0.6 is 0 Å². The van der Waals surface area contributed by atoms with Crippen molar-refractivity contribution in [3.05, 3.63) is 35.7 Å². The van der Waals surface area contributed by atoms with Crippen molar-refractivity contribution in [1.82, 2.24) is 9.55 Å². The van der Waals surface area contributed by atoms with Gasteiger partial charge in [0.15, 0.2) is 11.5 Å². The molecule has 0 aliphatic carbocycles. The summed E-state index contributed by atoms with van der Waals surface area (Å²) in [5.74, 6) is 2.64. The molecule has 0 amide bonds. The minimum Gasteiger partial charge on any atom is -0.486 e. The minimum atomic E-state index is 0.278. The van der Waals surface area contributed by atoms with Crippen LogP contribution in [-0.4, -0.2) is 22.8 Å². The van der Waals surface area contributed by atoms with Crippen molar-refractivity contribution in [2.75, 3.05) is 18.5 Å². The first-order valence-electron chi connectivity index (χ1n) is 6.99. The molecule has 0 radical (unpaired) electrons. The first kappa shape index (κ1) is 11.6. The van der Waals surface area contributed by atoms with E-state index in [1.165, 1.54) is 5.56 Å². The van der Waals surface area contributed by atoms with Crippen LogP contribution in [0.4, 0.5) is 5.95 Å². The highest BCUT2D eigenvalue weighted by Crippen LogP contribution is 2.35. The Morgan fingerprint density at radius 3 is 3.00 bits per heavy atom. The highest BCUT2D eigenvalue weighted by atomic mass is 16.6. The molecule has 1 unspecified atom stereocenters. The number of rotatable bonds is 1. The van der Waals surface area contributed by atoms with Crippen LogP contribution in [0.15, 0.2) is 24.4 Å². The van der Waals surface area contributed by atoms with Gasteiger partial charge >= 0.3 is 0 Å². The zero-order valence-corrected chi connectivity index (χ0v) is 11.4. The molecule has 3 heterocycles. The van der Waals surface area contributed by atoms with Gasteiger partial charge in [-0.15, -0.1) is 0 Å². The molecule has 1 aromatic carbocycles. The Morgan fingerprint density at radius 2 is 2.10 bits per heavy atom. The maximum atomic E-state index is 5.65. The van der Waals surface area contributed by atoms with Crippen molar-refractivity contribution in [3.8, 4) is 11.5 Å². The average Bonchev–Trinajstić information content (AvgIpc) is 2.85. The smallest absolute Gasteiger partial charge is 0.203 e. The summed E-state index contributed by atoms with van der Waals surface area (Å²) >= 11 is 0. The molecule has 0 fully saturated rings. The van der Waals surface area contributed by atoms with E-state index in [1.54, 1.807) is 0 Å². The van der Waals surface area contributed by atoms with Gasteiger partial charge in [-0.2, -0.15) is 0 Å². The number of imidazole rings is 1. The standard InChI is InChI=1S/C15H17N3O2/c1-10-9-18-5-4-12(17-15(18)16-10)11-2-3-13-14(8-11)20-7-6-19-13/h2-3,8-9,12H,4-7H2,1H3,(H,16,17). The maximum absolute atomic E-state index is 5.65. The summed E-state index contributed by atoms with van der Waals surface area (Å²) in [6.45, 7) is 4.26. The third-order valence-corrected chi connectivity index (χ3v) is 3.83. The zero-order valence-electron chi connectivity index (χ0n) is 11.4. The molecule has 1 atom stereocenters. The molecule has 0 spiro atoms. The van der Waals surface area contributed by atoms with Crippen molar-refractivity contribution in [2.24, 2.45) is 0 Å². The van der Waals surface area contributed by atoms with Crippen LogP contribution in [0, 0.1) is 6.92 Å². The van der Waals surface area contributed by atoms with Gasteiger partial charge in [0.1, 0.15) is 13.2 Å². The number of benzene rings is 1. The second kappa shape index (κ2) is 4.44. The van der Waals surface area contributed by atoms with Gasteiger partial charge in [0.2, 0.25) is 5.95 Å². The highest BCUT2D eigenvalue weighted by molar-refractivity contribution is 5.47. The third kappa shape index (κ3) is 1.90. The SMILES string of the molecule is Cc1cn2c(n1)NC(c1ccc3c(c1)OCCO3)CC2. The third-order valence-electron chi connectivity index (χ3n) is 3.83. The van der Waals surface area contributed by atoms with Gasteiger partial charge in [-0.1, -0.05) is 6.07 Å². The quantitative estimate of drug-likeness (QED) is 0.866. The molecule has 20 heavy (non-hydrogen) atoms. The number of anilines is 1. The van der Waals surface area contributed by atoms with Gasteiger partial charge in [0.05, 0.1) is 11.7 Å². The molecule has 5 nitrogen and oxygen atoms in total. The summed E-state index contributed by atoms with van der Waals surface area (Å²) in [6, 6.07) is 6.46. The molecule has 5 heteroatoms. The van der Waals surface area contributed by atoms with E-state index in [0.29, 0.717) is 13.2 Å². The lowest BCUT2D eigenvalue weighted by molar-refractivity contribution is 0.171. The number of aromatic nitrogens is 2. The fraction of sp³-hybridized carbons (Fsp3) is 0.400. The van der Waals surface area contributed by atoms with E-state index in [0.717, 1.165) is 36.1 Å². The molecule has 2 aliphatic rings. The first-order chi connectivity index (χ1) is 9.79. The Balaban J connectivity index is 1.62. The van der Waals surface area contributed by atoms with Gasteiger partial charge in [0.25, 0.3) is 0 Å². The van der Waals surface area contributed by atoms with Gasteiger partial charge in [-0.25, -0.2) is 4.98 Å².